The summed E-state index contributed by atoms with van der Waals surface area (Å²) in [6.45, 7) is 1.87. The number of ether oxygens (including phenoxy) is 1. The molecule has 0 unspecified atom stereocenters. The van der Waals surface area contributed by atoms with Crippen molar-refractivity contribution < 1.29 is 14.1 Å². The van der Waals surface area contributed by atoms with Crippen molar-refractivity contribution in [1.82, 2.24) is 15.5 Å². The van der Waals surface area contributed by atoms with Gasteiger partial charge in [0.25, 0.3) is 0 Å². The summed E-state index contributed by atoms with van der Waals surface area (Å²) in [6.07, 6.45) is 7.39. The number of rotatable bonds is 5. The molecule has 1 aromatic heterocycles. The molecule has 1 aliphatic carbocycles. The zero-order valence-corrected chi connectivity index (χ0v) is 12.3. The maximum Gasteiger partial charge on any atom is 0.229 e. The van der Waals surface area contributed by atoms with Crippen LogP contribution in [0.2, 0.25) is 0 Å². The van der Waals surface area contributed by atoms with Gasteiger partial charge in [0.15, 0.2) is 5.82 Å². The zero-order valence-electron chi connectivity index (χ0n) is 12.3. The van der Waals surface area contributed by atoms with E-state index in [1.54, 1.807) is 0 Å². The van der Waals surface area contributed by atoms with Crippen molar-refractivity contribution in [2.24, 2.45) is 5.92 Å². The maximum atomic E-state index is 11.9. The number of hydrogen-bond acceptors (Lipinski definition) is 5. The van der Waals surface area contributed by atoms with E-state index >= 15 is 0 Å². The molecule has 3 rings (SSSR count). The number of hydrogen-bond donors (Lipinski definition) is 1. The molecule has 1 atom stereocenters. The van der Waals surface area contributed by atoms with E-state index in [-0.39, 0.29) is 5.91 Å². The molecule has 6 heteroatoms. The summed E-state index contributed by atoms with van der Waals surface area (Å²) in [5.41, 5.74) is 0. The van der Waals surface area contributed by atoms with E-state index in [0.717, 1.165) is 38.2 Å². The predicted octanol–water partition coefficient (Wildman–Crippen LogP) is 2.16. The van der Waals surface area contributed by atoms with Crippen molar-refractivity contribution in [3.63, 3.8) is 0 Å². The second-order valence-electron chi connectivity index (χ2n) is 6.09. The summed E-state index contributed by atoms with van der Waals surface area (Å²) in [6, 6.07) is 0. The fourth-order valence-electron chi connectivity index (χ4n) is 3.16. The van der Waals surface area contributed by atoms with Gasteiger partial charge in [-0.3, -0.25) is 4.79 Å². The summed E-state index contributed by atoms with van der Waals surface area (Å²) >= 11 is 0. The first kappa shape index (κ1) is 14.5. The molecule has 6 nitrogen and oxygen atoms in total. The zero-order chi connectivity index (χ0) is 14.5. The van der Waals surface area contributed by atoms with Crippen LogP contribution < -0.4 is 5.32 Å². The Kier molecular flexibility index (Phi) is 4.85. The third-order valence-corrected chi connectivity index (χ3v) is 4.36. The van der Waals surface area contributed by atoms with Crippen molar-refractivity contribution in [1.29, 1.82) is 0 Å². The van der Waals surface area contributed by atoms with Gasteiger partial charge in [0.1, 0.15) is 0 Å². The van der Waals surface area contributed by atoms with Crippen LogP contribution in [-0.2, 0) is 16.1 Å². The number of carbonyl (C=O) groups excluding carboxylic acids is 1. The molecule has 21 heavy (non-hydrogen) atoms. The first-order valence-corrected chi connectivity index (χ1v) is 7.98. The Labute approximate surface area is 124 Å². The van der Waals surface area contributed by atoms with Gasteiger partial charge in [-0.25, -0.2) is 0 Å². The molecule has 0 spiro atoms. The molecule has 2 aliphatic rings. The van der Waals surface area contributed by atoms with Gasteiger partial charge < -0.3 is 14.6 Å². The molecule has 0 aromatic carbocycles. The Balaban J connectivity index is 1.42. The van der Waals surface area contributed by atoms with Crippen molar-refractivity contribution in [2.75, 3.05) is 13.2 Å². The molecule has 1 aliphatic heterocycles. The summed E-state index contributed by atoms with van der Waals surface area (Å²) < 4.78 is 10.7. The number of carbonyl (C=O) groups is 1. The van der Waals surface area contributed by atoms with Crippen LogP contribution in [0, 0.1) is 5.92 Å². The first-order valence-electron chi connectivity index (χ1n) is 7.98. The molecule has 2 fully saturated rings. The minimum absolute atomic E-state index is 0.0396. The highest BCUT2D eigenvalue weighted by Crippen LogP contribution is 2.32. The SMILES string of the molecule is O=C(C[C@@H]1CCCOC1)NCc1noc(C2CCCC2)n1. The molecule has 1 aromatic rings. The Bertz CT molecular complexity index is 462. The summed E-state index contributed by atoms with van der Waals surface area (Å²) in [5.74, 6) is 2.11. The van der Waals surface area contributed by atoms with Crippen LogP contribution in [0.15, 0.2) is 4.52 Å². The Morgan fingerprint density at radius 1 is 1.24 bits per heavy atom. The summed E-state index contributed by atoms with van der Waals surface area (Å²) in [5, 5.41) is 6.82. The Hall–Kier alpha value is -1.43. The molecule has 0 bridgehead atoms. The lowest BCUT2D eigenvalue weighted by Crippen LogP contribution is -2.28. The molecule has 1 saturated heterocycles. The Morgan fingerprint density at radius 2 is 2.10 bits per heavy atom. The van der Waals surface area contributed by atoms with Crippen LogP contribution in [0.4, 0.5) is 0 Å². The van der Waals surface area contributed by atoms with E-state index in [0.29, 0.717) is 37.2 Å². The lowest BCUT2D eigenvalue weighted by Gasteiger charge is -2.21. The highest BCUT2D eigenvalue weighted by molar-refractivity contribution is 5.76. The van der Waals surface area contributed by atoms with Gasteiger partial charge in [0.2, 0.25) is 11.8 Å². The highest BCUT2D eigenvalue weighted by atomic mass is 16.5. The molecule has 1 amide bonds. The Morgan fingerprint density at radius 3 is 2.86 bits per heavy atom. The van der Waals surface area contributed by atoms with Crippen molar-refractivity contribution >= 4 is 5.91 Å². The van der Waals surface area contributed by atoms with Gasteiger partial charge >= 0.3 is 0 Å². The molecule has 0 radical (unpaired) electrons. The molecule has 1 saturated carbocycles. The van der Waals surface area contributed by atoms with Crippen molar-refractivity contribution in [3.8, 4) is 0 Å². The van der Waals surface area contributed by atoms with E-state index in [9.17, 15) is 4.79 Å². The van der Waals surface area contributed by atoms with Gasteiger partial charge in [-0.2, -0.15) is 4.98 Å². The van der Waals surface area contributed by atoms with Crippen LogP contribution in [0.25, 0.3) is 0 Å². The topological polar surface area (TPSA) is 77.2 Å². The predicted molar refractivity (Wildman–Crippen MR) is 75.5 cm³/mol. The number of amides is 1. The number of aromatic nitrogens is 2. The first-order chi connectivity index (χ1) is 10.3. The van der Waals surface area contributed by atoms with Crippen molar-refractivity contribution in [3.05, 3.63) is 11.7 Å². The average molecular weight is 293 g/mol. The summed E-state index contributed by atoms with van der Waals surface area (Å²) in [7, 11) is 0. The minimum atomic E-state index is 0.0396. The van der Waals surface area contributed by atoms with Gasteiger partial charge in [0, 0.05) is 25.6 Å². The average Bonchev–Trinajstić information content (AvgIpc) is 3.17. The quantitative estimate of drug-likeness (QED) is 0.900. The van der Waals surface area contributed by atoms with Gasteiger partial charge in [0.05, 0.1) is 6.54 Å². The largest absolute Gasteiger partial charge is 0.381 e. The number of nitrogens with zero attached hydrogens (tertiary/aromatic N) is 2. The smallest absolute Gasteiger partial charge is 0.229 e. The minimum Gasteiger partial charge on any atom is -0.381 e. The van der Waals surface area contributed by atoms with E-state index in [4.69, 9.17) is 9.26 Å². The monoisotopic (exact) mass is 293 g/mol. The van der Waals surface area contributed by atoms with E-state index in [1.807, 2.05) is 0 Å². The fourth-order valence-corrected chi connectivity index (χ4v) is 3.16. The van der Waals surface area contributed by atoms with Crippen LogP contribution in [-0.4, -0.2) is 29.3 Å². The normalized spacial score (nSPS) is 23.3. The lowest BCUT2D eigenvalue weighted by atomic mass is 9.98. The lowest BCUT2D eigenvalue weighted by molar-refractivity contribution is -0.123. The molecule has 2 heterocycles. The number of nitrogens with one attached hydrogen (secondary N) is 1. The van der Waals surface area contributed by atoms with Gasteiger partial charge in [-0.05, 0) is 31.6 Å². The third kappa shape index (κ3) is 4.03. The van der Waals surface area contributed by atoms with Crippen LogP contribution >= 0.6 is 0 Å². The second kappa shape index (κ2) is 7.02. The third-order valence-electron chi connectivity index (χ3n) is 4.36. The van der Waals surface area contributed by atoms with Crippen molar-refractivity contribution in [2.45, 2.75) is 57.4 Å². The van der Waals surface area contributed by atoms with Crippen LogP contribution in [0.3, 0.4) is 0 Å². The standard InChI is InChI=1S/C15H23N3O3/c19-14(8-11-4-3-7-20-10-11)16-9-13-17-15(21-18-13)12-5-1-2-6-12/h11-12H,1-10H2,(H,16,19)/t11-/m0/s1. The van der Waals surface area contributed by atoms with Crippen LogP contribution in [0.1, 0.15) is 62.6 Å². The van der Waals surface area contributed by atoms with E-state index in [1.165, 1.54) is 12.8 Å². The molecular weight excluding hydrogens is 270 g/mol. The fraction of sp³-hybridized carbons (Fsp3) is 0.800. The van der Waals surface area contributed by atoms with Gasteiger partial charge in [-0.15, -0.1) is 0 Å². The molecular formula is C15H23N3O3. The molecule has 116 valence electrons. The van der Waals surface area contributed by atoms with E-state index in [2.05, 4.69) is 15.5 Å². The second-order valence-corrected chi connectivity index (χ2v) is 6.09. The maximum absolute atomic E-state index is 11.9. The van der Waals surface area contributed by atoms with E-state index < -0.39 is 0 Å². The molecule has 1 N–H and O–H groups in total. The van der Waals surface area contributed by atoms with Crippen LogP contribution in [0.5, 0.6) is 0 Å². The summed E-state index contributed by atoms with van der Waals surface area (Å²) in [4.78, 5) is 16.3. The van der Waals surface area contributed by atoms with Gasteiger partial charge in [-0.1, -0.05) is 18.0 Å². The highest BCUT2D eigenvalue weighted by Gasteiger charge is 2.23.